The van der Waals surface area contributed by atoms with Gasteiger partial charge in [0.15, 0.2) is 11.5 Å². The predicted octanol–water partition coefficient (Wildman–Crippen LogP) is 2.34. The first-order valence-corrected chi connectivity index (χ1v) is 10.5. The van der Waals surface area contributed by atoms with Crippen LogP contribution in [0.2, 0.25) is 0 Å². The van der Waals surface area contributed by atoms with Crippen LogP contribution in [-0.4, -0.2) is 54.2 Å². The number of aromatic nitrogens is 6. The molecule has 1 saturated carbocycles. The van der Waals surface area contributed by atoms with Crippen LogP contribution >= 0.6 is 0 Å². The molecule has 4 aromatic heterocycles. The second kappa shape index (κ2) is 7.86. The molecule has 4 heterocycles. The van der Waals surface area contributed by atoms with Crippen molar-refractivity contribution < 1.29 is 4.79 Å². The first kappa shape index (κ1) is 19.3. The zero-order valence-electron chi connectivity index (χ0n) is 17.5. The van der Waals surface area contributed by atoms with Crippen molar-refractivity contribution in [3.8, 4) is 11.3 Å². The highest BCUT2D eigenvalue weighted by Crippen LogP contribution is 2.29. The summed E-state index contributed by atoms with van der Waals surface area (Å²) in [7, 11) is 1.86. The Hall–Kier alpha value is -3.69. The summed E-state index contributed by atoms with van der Waals surface area (Å²) in [6.45, 7) is 1.57. The number of fused-ring (bicyclic) bond motifs is 2. The number of nitrogens with zero attached hydrogens (tertiary/aromatic N) is 6. The second-order valence-electron chi connectivity index (χ2n) is 7.90. The Morgan fingerprint density at radius 3 is 2.61 bits per heavy atom. The minimum Gasteiger partial charge on any atom is -0.371 e. The van der Waals surface area contributed by atoms with E-state index in [4.69, 9.17) is 4.98 Å². The molecular formula is C21H25N9O. The number of imidazole rings is 1. The molecule has 4 aromatic rings. The maximum Gasteiger partial charge on any atom is 0.243 e. The Morgan fingerprint density at radius 1 is 1.03 bits per heavy atom. The molecule has 0 atom stereocenters. The normalized spacial score (nSPS) is 18.9. The topological polar surface area (TPSA) is 114 Å². The molecule has 0 spiro atoms. The number of nitrogens with one attached hydrogen (secondary N) is 3. The van der Waals surface area contributed by atoms with E-state index in [1.807, 2.05) is 42.2 Å². The summed E-state index contributed by atoms with van der Waals surface area (Å²) >= 11 is 0. The van der Waals surface area contributed by atoms with E-state index >= 15 is 0 Å². The lowest BCUT2D eigenvalue weighted by atomic mass is 9.91. The molecule has 0 aliphatic heterocycles. The zero-order chi connectivity index (χ0) is 21.4. The van der Waals surface area contributed by atoms with E-state index in [-0.39, 0.29) is 18.0 Å². The maximum atomic E-state index is 11.3. The average Bonchev–Trinajstić information content (AvgIpc) is 3.40. The number of anilines is 2. The maximum absolute atomic E-state index is 11.3. The van der Waals surface area contributed by atoms with Gasteiger partial charge in [0.25, 0.3) is 0 Å². The van der Waals surface area contributed by atoms with E-state index in [0.29, 0.717) is 5.95 Å². The third-order valence-corrected chi connectivity index (χ3v) is 5.75. The van der Waals surface area contributed by atoms with Crippen LogP contribution in [-0.2, 0) is 4.79 Å². The second-order valence-corrected chi connectivity index (χ2v) is 7.90. The van der Waals surface area contributed by atoms with Crippen molar-refractivity contribution in [2.45, 2.75) is 44.7 Å². The summed E-state index contributed by atoms with van der Waals surface area (Å²) in [6, 6.07) is 6.44. The van der Waals surface area contributed by atoms with E-state index in [9.17, 15) is 4.79 Å². The highest BCUT2D eigenvalue weighted by Gasteiger charge is 2.23. The molecule has 0 bridgehead atoms. The lowest BCUT2D eigenvalue weighted by molar-refractivity contribution is -0.119. The van der Waals surface area contributed by atoms with Crippen molar-refractivity contribution in [2.24, 2.45) is 0 Å². The van der Waals surface area contributed by atoms with Gasteiger partial charge in [0, 0.05) is 50.2 Å². The largest absolute Gasteiger partial charge is 0.371 e. The Kier molecular flexibility index (Phi) is 4.89. The van der Waals surface area contributed by atoms with Crippen LogP contribution in [0, 0.1) is 0 Å². The van der Waals surface area contributed by atoms with Gasteiger partial charge in [-0.05, 0) is 43.9 Å². The number of carbonyl (C=O) groups is 1. The summed E-state index contributed by atoms with van der Waals surface area (Å²) < 4.78 is 3.59. The highest BCUT2D eigenvalue weighted by molar-refractivity contribution is 5.87. The van der Waals surface area contributed by atoms with Gasteiger partial charge in [-0.1, -0.05) is 0 Å². The van der Waals surface area contributed by atoms with Crippen molar-refractivity contribution in [3.63, 3.8) is 0 Å². The number of hydrogen-bond acceptors (Lipinski definition) is 7. The minimum absolute atomic E-state index is 0.0361. The molecule has 3 N–H and O–H groups in total. The molecular weight excluding hydrogens is 394 g/mol. The fourth-order valence-electron chi connectivity index (χ4n) is 4.28. The van der Waals surface area contributed by atoms with Crippen molar-refractivity contribution >= 4 is 28.8 Å². The minimum atomic E-state index is 0.0361. The summed E-state index contributed by atoms with van der Waals surface area (Å²) in [5, 5.41) is 19.0. The molecule has 31 heavy (non-hydrogen) atoms. The van der Waals surface area contributed by atoms with Gasteiger partial charge in [0.05, 0.1) is 5.69 Å². The van der Waals surface area contributed by atoms with Gasteiger partial charge in [0.2, 0.25) is 11.9 Å². The zero-order valence-corrected chi connectivity index (χ0v) is 17.5. The average molecular weight is 419 g/mol. The number of amides is 1. The molecule has 1 aliphatic rings. The van der Waals surface area contributed by atoms with Crippen molar-refractivity contribution in [3.05, 3.63) is 36.8 Å². The van der Waals surface area contributed by atoms with E-state index in [2.05, 4.69) is 31.1 Å². The molecule has 10 nitrogen and oxygen atoms in total. The van der Waals surface area contributed by atoms with Gasteiger partial charge in [-0.3, -0.25) is 4.79 Å². The molecule has 10 heteroatoms. The lowest BCUT2D eigenvalue weighted by Crippen LogP contribution is -2.39. The molecule has 0 unspecified atom stereocenters. The molecule has 1 aliphatic carbocycles. The molecule has 1 fully saturated rings. The van der Waals surface area contributed by atoms with Gasteiger partial charge in [-0.2, -0.15) is 10.1 Å². The van der Waals surface area contributed by atoms with Crippen molar-refractivity contribution in [1.82, 2.24) is 34.5 Å². The fraction of sp³-hybridized carbons (Fsp3) is 0.381. The van der Waals surface area contributed by atoms with Gasteiger partial charge in [0.1, 0.15) is 5.52 Å². The van der Waals surface area contributed by atoms with Crippen LogP contribution in [0.1, 0.15) is 32.6 Å². The van der Waals surface area contributed by atoms with E-state index in [1.165, 1.54) is 0 Å². The van der Waals surface area contributed by atoms with Gasteiger partial charge in [-0.25, -0.2) is 14.0 Å². The monoisotopic (exact) mass is 419 g/mol. The molecule has 1 amide bonds. The van der Waals surface area contributed by atoms with Crippen LogP contribution in [0.25, 0.3) is 22.4 Å². The summed E-state index contributed by atoms with van der Waals surface area (Å²) in [5.74, 6) is 1.35. The van der Waals surface area contributed by atoms with Gasteiger partial charge < -0.3 is 16.0 Å². The Balaban J connectivity index is 1.40. The molecule has 0 saturated heterocycles. The smallest absolute Gasteiger partial charge is 0.243 e. The first-order valence-electron chi connectivity index (χ1n) is 10.5. The highest BCUT2D eigenvalue weighted by atomic mass is 16.1. The van der Waals surface area contributed by atoms with E-state index in [0.717, 1.165) is 53.9 Å². The third-order valence-electron chi connectivity index (χ3n) is 5.75. The third kappa shape index (κ3) is 3.76. The van der Waals surface area contributed by atoms with E-state index in [1.54, 1.807) is 17.6 Å². The SMILES string of the molecule is CNc1nc(NC2CCC(NC(C)=O)CC2)nn2ccc(-c3ccc4nccn4n3)c12. The molecule has 0 radical (unpaired) electrons. The molecule has 5 rings (SSSR count). The quantitative estimate of drug-likeness (QED) is 0.455. The number of carbonyl (C=O) groups excluding carboxylic acids is 1. The van der Waals surface area contributed by atoms with Gasteiger partial charge >= 0.3 is 0 Å². The Morgan fingerprint density at radius 2 is 1.84 bits per heavy atom. The number of hydrogen-bond donors (Lipinski definition) is 3. The lowest BCUT2D eigenvalue weighted by Gasteiger charge is -2.29. The summed E-state index contributed by atoms with van der Waals surface area (Å²) in [5.41, 5.74) is 3.44. The standard InChI is InChI=1S/C21H25N9O/c1-13(31)24-14-3-5-15(6-4-14)25-21-26-20(22-2)19-16(9-11-30(19)28-21)17-7-8-18-23-10-12-29(18)27-17/h7-12,14-15H,3-6H2,1-2H3,(H,24,31)(H2,22,25,26,28). The predicted molar refractivity (Wildman–Crippen MR) is 118 cm³/mol. The Bertz CT molecular complexity index is 1240. The number of rotatable bonds is 5. The fourth-order valence-corrected chi connectivity index (χ4v) is 4.28. The van der Waals surface area contributed by atoms with Crippen molar-refractivity contribution in [2.75, 3.05) is 17.7 Å². The summed E-state index contributed by atoms with van der Waals surface area (Å²) in [4.78, 5) is 20.2. The van der Waals surface area contributed by atoms with Crippen LogP contribution < -0.4 is 16.0 Å². The van der Waals surface area contributed by atoms with Gasteiger partial charge in [-0.15, -0.1) is 5.10 Å². The van der Waals surface area contributed by atoms with Crippen LogP contribution in [0.5, 0.6) is 0 Å². The van der Waals surface area contributed by atoms with Crippen molar-refractivity contribution in [1.29, 1.82) is 0 Å². The van der Waals surface area contributed by atoms with Crippen LogP contribution in [0.4, 0.5) is 11.8 Å². The van der Waals surface area contributed by atoms with E-state index < -0.39 is 0 Å². The Labute approximate surface area is 179 Å². The summed E-state index contributed by atoms with van der Waals surface area (Å²) in [6.07, 6.45) is 9.32. The van der Waals surface area contributed by atoms with Crippen LogP contribution in [0.3, 0.4) is 0 Å². The first-order chi connectivity index (χ1) is 15.1. The molecule has 0 aromatic carbocycles. The van der Waals surface area contributed by atoms with Crippen LogP contribution in [0.15, 0.2) is 36.8 Å². The molecule has 160 valence electrons.